The fourth-order valence-corrected chi connectivity index (χ4v) is 3.06. The van der Waals surface area contributed by atoms with Gasteiger partial charge in [-0.15, -0.1) is 12.4 Å². The van der Waals surface area contributed by atoms with Crippen molar-refractivity contribution in [2.75, 3.05) is 52.5 Å². The summed E-state index contributed by atoms with van der Waals surface area (Å²) < 4.78 is 5.39. The fourth-order valence-electron chi connectivity index (χ4n) is 3.06. The average molecular weight is 344 g/mol. The molecule has 1 saturated heterocycles. The number of ether oxygens (including phenoxy) is 1. The number of hydrogen-bond donors (Lipinski definition) is 2. The molecule has 0 bridgehead atoms. The third-order valence-corrected chi connectivity index (χ3v) is 4.42. The summed E-state index contributed by atoms with van der Waals surface area (Å²) in [5, 5.41) is 10.6. The first-order valence-corrected chi connectivity index (χ1v) is 8.15. The molecule has 8 heteroatoms. The molecule has 0 atom stereocenters. The third-order valence-electron chi connectivity index (χ3n) is 4.42. The van der Waals surface area contributed by atoms with E-state index in [4.69, 9.17) is 4.74 Å². The number of halogens is 1. The molecule has 0 saturated carbocycles. The normalized spacial score (nSPS) is 18.4. The van der Waals surface area contributed by atoms with Gasteiger partial charge in [-0.1, -0.05) is 0 Å². The van der Waals surface area contributed by atoms with Crippen LogP contribution in [0.15, 0.2) is 0 Å². The predicted molar refractivity (Wildman–Crippen MR) is 90.1 cm³/mol. The summed E-state index contributed by atoms with van der Waals surface area (Å²) in [4.78, 5) is 16.9. The number of H-pyrrole nitrogens is 1. The molecule has 130 valence electrons. The van der Waals surface area contributed by atoms with Crippen LogP contribution in [0.25, 0.3) is 0 Å². The van der Waals surface area contributed by atoms with Gasteiger partial charge in [-0.2, -0.15) is 5.10 Å². The Morgan fingerprint density at radius 1 is 1.30 bits per heavy atom. The lowest BCUT2D eigenvalue weighted by molar-refractivity contribution is 0.0559. The van der Waals surface area contributed by atoms with Gasteiger partial charge in [-0.3, -0.25) is 14.8 Å². The number of hydrogen-bond acceptors (Lipinski definition) is 5. The molecule has 2 aliphatic rings. The fraction of sp³-hybridized carbons (Fsp3) is 0.733. The van der Waals surface area contributed by atoms with E-state index in [9.17, 15) is 4.79 Å². The molecule has 0 unspecified atom stereocenters. The van der Waals surface area contributed by atoms with E-state index in [0.29, 0.717) is 5.69 Å². The number of amides is 1. The van der Waals surface area contributed by atoms with Crippen molar-refractivity contribution in [1.82, 2.24) is 25.3 Å². The molecular weight excluding hydrogens is 318 g/mol. The number of aromatic amines is 1. The first kappa shape index (κ1) is 18.2. The van der Waals surface area contributed by atoms with Gasteiger partial charge in [0.1, 0.15) is 0 Å². The molecule has 1 amide bonds. The molecule has 0 radical (unpaired) electrons. The highest BCUT2D eigenvalue weighted by molar-refractivity contribution is 5.94. The highest BCUT2D eigenvalue weighted by atomic mass is 35.5. The van der Waals surface area contributed by atoms with E-state index >= 15 is 0 Å². The molecule has 7 nitrogen and oxygen atoms in total. The summed E-state index contributed by atoms with van der Waals surface area (Å²) >= 11 is 0. The van der Waals surface area contributed by atoms with Crippen LogP contribution >= 0.6 is 12.4 Å². The minimum Gasteiger partial charge on any atom is -0.380 e. The molecule has 3 heterocycles. The predicted octanol–water partition coefficient (Wildman–Crippen LogP) is 0.272. The largest absolute Gasteiger partial charge is 0.380 e. The standard InChI is InChI=1S/C15H25N5O2.ClH/c1-2-22-10-9-19-5-7-20(8-6-19)15(21)14-12-11-16-4-3-13(12)17-18-14;/h16H,2-11H2,1H3,(H,17,18);1H. The number of carbonyl (C=O) groups is 1. The third kappa shape index (κ3) is 4.23. The minimum atomic E-state index is 0. The molecule has 2 aliphatic heterocycles. The molecule has 0 aliphatic carbocycles. The number of nitrogens with zero attached hydrogens (tertiary/aromatic N) is 3. The van der Waals surface area contributed by atoms with Gasteiger partial charge < -0.3 is 15.0 Å². The number of piperazine rings is 1. The van der Waals surface area contributed by atoms with Gasteiger partial charge in [0.2, 0.25) is 0 Å². The second kappa shape index (κ2) is 8.63. The monoisotopic (exact) mass is 343 g/mol. The second-order valence-corrected chi connectivity index (χ2v) is 5.79. The van der Waals surface area contributed by atoms with Crippen LogP contribution in [-0.2, 0) is 17.7 Å². The Morgan fingerprint density at radius 3 is 2.83 bits per heavy atom. The summed E-state index contributed by atoms with van der Waals surface area (Å²) in [5.41, 5.74) is 2.76. The van der Waals surface area contributed by atoms with Crippen LogP contribution in [0.4, 0.5) is 0 Å². The van der Waals surface area contributed by atoms with Crippen molar-refractivity contribution in [3.8, 4) is 0 Å². The minimum absolute atomic E-state index is 0. The van der Waals surface area contributed by atoms with Gasteiger partial charge in [-0.25, -0.2) is 0 Å². The van der Waals surface area contributed by atoms with E-state index < -0.39 is 0 Å². The van der Waals surface area contributed by atoms with Crippen molar-refractivity contribution < 1.29 is 9.53 Å². The van der Waals surface area contributed by atoms with E-state index in [2.05, 4.69) is 20.4 Å². The highest BCUT2D eigenvalue weighted by Gasteiger charge is 2.27. The highest BCUT2D eigenvalue weighted by Crippen LogP contribution is 2.17. The Hall–Kier alpha value is -1.15. The summed E-state index contributed by atoms with van der Waals surface area (Å²) in [6.07, 6.45) is 0.917. The van der Waals surface area contributed by atoms with Crippen LogP contribution in [-0.4, -0.2) is 78.4 Å². The Balaban J connectivity index is 0.00000192. The zero-order chi connectivity index (χ0) is 15.4. The van der Waals surface area contributed by atoms with Crippen LogP contribution in [0.3, 0.4) is 0 Å². The van der Waals surface area contributed by atoms with E-state index in [1.807, 2.05) is 11.8 Å². The maximum absolute atomic E-state index is 12.7. The molecule has 1 fully saturated rings. The average Bonchev–Trinajstić information content (AvgIpc) is 2.99. The van der Waals surface area contributed by atoms with Crippen molar-refractivity contribution in [2.45, 2.75) is 19.9 Å². The van der Waals surface area contributed by atoms with Gasteiger partial charge in [-0.05, 0) is 6.92 Å². The Bertz CT molecular complexity index is 514. The maximum Gasteiger partial charge on any atom is 0.274 e. The summed E-state index contributed by atoms with van der Waals surface area (Å²) in [6.45, 7) is 9.50. The first-order valence-electron chi connectivity index (χ1n) is 8.15. The topological polar surface area (TPSA) is 73.5 Å². The van der Waals surface area contributed by atoms with Crippen LogP contribution in [0.2, 0.25) is 0 Å². The van der Waals surface area contributed by atoms with Gasteiger partial charge in [0.15, 0.2) is 5.69 Å². The molecule has 0 spiro atoms. The quantitative estimate of drug-likeness (QED) is 0.751. The smallest absolute Gasteiger partial charge is 0.274 e. The number of fused-ring (bicyclic) bond motifs is 1. The Labute approximate surface area is 143 Å². The first-order chi connectivity index (χ1) is 10.8. The van der Waals surface area contributed by atoms with Crippen molar-refractivity contribution in [1.29, 1.82) is 0 Å². The van der Waals surface area contributed by atoms with Crippen LogP contribution in [0.5, 0.6) is 0 Å². The van der Waals surface area contributed by atoms with Gasteiger partial charge in [0, 0.05) is 70.1 Å². The molecule has 23 heavy (non-hydrogen) atoms. The molecule has 2 N–H and O–H groups in total. The Kier molecular flexibility index (Phi) is 6.83. The van der Waals surface area contributed by atoms with E-state index in [1.54, 1.807) is 0 Å². The van der Waals surface area contributed by atoms with Crippen LogP contribution in [0, 0.1) is 0 Å². The molecule has 1 aromatic heterocycles. The molecule has 3 rings (SSSR count). The van der Waals surface area contributed by atoms with Crippen LogP contribution in [0.1, 0.15) is 28.7 Å². The zero-order valence-electron chi connectivity index (χ0n) is 13.6. The lowest BCUT2D eigenvalue weighted by atomic mass is 10.1. The van der Waals surface area contributed by atoms with Crippen molar-refractivity contribution in [3.63, 3.8) is 0 Å². The summed E-state index contributed by atoms with van der Waals surface area (Å²) in [5.74, 6) is 0.0608. The molecular formula is C15H26ClN5O2. The number of aromatic nitrogens is 2. The summed E-state index contributed by atoms with van der Waals surface area (Å²) in [6, 6.07) is 0. The van der Waals surface area contributed by atoms with E-state index in [0.717, 1.165) is 76.7 Å². The molecule has 1 aromatic rings. The number of rotatable bonds is 5. The Morgan fingerprint density at radius 2 is 2.09 bits per heavy atom. The zero-order valence-corrected chi connectivity index (χ0v) is 14.5. The van der Waals surface area contributed by atoms with Gasteiger partial charge in [0.05, 0.1) is 6.61 Å². The van der Waals surface area contributed by atoms with E-state index in [-0.39, 0.29) is 18.3 Å². The maximum atomic E-state index is 12.7. The SMILES string of the molecule is CCOCCN1CCN(C(=O)c2n[nH]c3c2CNCC3)CC1.Cl. The van der Waals surface area contributed by atoms with E-state index in [1.165, 1.54) is 0 Å². The van der Waals surface area contributed by atoms with Crippen molar-refractivity contribution in [3.05, 3.63) is 17.0 Å². The van der Waals surface area contributed by atoms with Crippen molar-refractivity contribution in [2.24, 2.45) is 0 Å². The second-order valence-electron chi connectivity index (χ2n) is 5.79. The lowest BCUT2D eigenvalue weighted by Crippen LogP contribution is -2.49. The van der Waals surface area contributed by atoms with Crippen molar-refractivity contribution >= 4 is 18.3 Å². The lowest BCUT2D eigenvalue weighted by Gasteiger charge is -2.34. The summed E-state index contributed by atoms with van der Waals surface area (Å²) in [7, 11) is 0. The van der Waals surface area contributed by atoms with Crippen LogP contribution < -0.4 is 5.32 Å². The molecule has 0 aromatic carbocycles. The number of nitrogens with one attached hydrogen (secondary N) is 2. The van der Waals surface area contributed by atoms with Gasteiger partial charge in [0.25, 0.3) is 5.91 Å². The number of carbonyl (C=O) groups excluding carboxylic acids is 1. The van der Waals surface area contributed by atoms with Gasteiger partial charge >= 0.3 is 0 Å².